The van der Waals surface area contributed by atoms with Crippen molar-refractivity contribution in [2.75, 3.05) is 33.2 Å². The van der Waals surface area contributed by atoms with Gasteiger partial charge in [0.05, 0.1) is 10.5 Å². The largest absolute Gasteiger partial charge is 0.304 e. The Balaban J connectivity index is 1.77. The minimum Gasteiger partial charge on any atom is -0.304 e. The van der Waals surface area contributed by atoms with Crippen LogP contribution >= 0.6 is 23.2 Å². The molecule has 0 saturated carbocycles. The van der Waals surface area contributed by atoms with Crippen LogP contribution in [0.5, 0.6) is 0 Å². The van der Waals surface area contributed by atoms with Gasteiger partial charge in [0, 0.05) is 49.3 Å². The molecule has 1 aromatic heterocycles. The summed E-state index contributed by atoms with van der Waals surface area (Å²) in [6.45, 7) is 4.66. The molecule has 1 fully saturated rings. The first-order valence-electron chi connectivity index (χ1n) is 9.07. The molecule has 0 N–H and O–H groups in total. The summed E-state index contributed by atoms with van der Waals surface area (Å²) in [4.78, 5) is 4.70. The molecule has 1 saturated heterocycles. The van der Waals surface area contributed by atoms with E-state index in [0.29, 0.717) is 17.1 Å². The zero-order chi connectivity index (χ0) is 19.9. The highest BCUT2D eigenvalue weighted by molar-refractivity contribution is 7.90. The summed E-state index contributed by atoms with van der Waals surface area (Å²) in [5.74, 6) is 0. The number of piperazine rings is 1. The number of likely N-dealkylation sites (N-methyl/N-ethyl adjacent to an activating group) is 1. The van der Waals surface area contributed by atoms with E-state index in [4.69, 9.17) is 23.2 Å². The number of rotatable bonds is 4. The number of hydrogen-bond acceptors (Lipinski definition) is 4. The molecule has 0 bridgehead atoms. The second-order valence-electron chi connectivity index (χ2n) is 7.13. The molecular weight excluding hydrogens is 417 g/mol. The summed E-state index contributed by atoms with van der Waals surface area (Å²) in [5.41, 5.74) is 1.64. The molecule has 5 nitrogen and oxygen atoms in total. The highest BCUT2D eigenvalue weighted by Gasteiger charge is 2.25. The van der Waals surface area contributed by atoms with E-state index in [0.717, 1.165) is 37.1 Å². The van der Waals surface area contributed by atoms with Crippen molar-refractivity contribution in [1.82, 2.24) is 13.8 Å². The summed E-state index contributed by atoms with van der Waals surface area (Å²) in [6, 6.07) is 12.0. The van der Waals surface area contributed by atoms with Crippen LogP contribution in [0.15, 0.2) is 53.6 Å². The Labute approximate surface area is 175 Å². The van der Waals surface area contributed by atoms with E-state index in [2.05, 4.69) is 16.8 Å². The molecule has 0 spiro atoms. The molecule has 1 aliphatic rings. The Morgan fingerprint density at radius 1 is 1.00 bits per heavy atom. The van der Waals surface area contributed by atoms with Crippen LogP contribution < -0.4 is 0 Å². The lowest BCUT2D eigenvalue weighted by molar-refractivity contribution is 0.148. The third-order valence-electron chi connectivity index (χ3n) is 5.18. The van der Waals surface area contributed by atoms with Gasteiger partial charge in [-0.3, -0.25) is 4.90 Å². The second kappa shape index (κ2) is 7.69. The Morgan fingerprint density at radius 2 is 1.71 bits per heavy atom. The number of aromatic nitrogens is 1. The monoisotopic (exact) mass is 437 g/mol. The van der Waals surface area contributed by atoms with Gasteiger partial charge < -0.3 is 4.90 Å². The van der Waals surface area contributed by atoms with E-state index in [-0.39, 0.29) is 9.92 Å². The SMILES string of the molecule is CN1CCN(Cc2cn(S(=O)(=O)c3ccc(Cl)cc3Cl)c3ccccc23)CC1. The Hall–Kier alpha value is -1.57. The fourth-order valence-electron chi connectivity index (χ4n) is 3.58. The van der Waals surface area contributed by atoms with Gasteiger partial charge in [0.2, 0.25) is 0 Å². The van der Waals surface area contributed by atoms with Crippen molar-refractivity contribution in [3.05, 3.63) is 64.3 Å². The first-order valence-corrected chi connectivity index (χ1v) is 11.3. The summed E-state index contributed by atoms with van der Waals surface area (Å²) in [7, 11) is -1.73. The van der Waals surface area contributed by atoms with Gasteiger partial charge in [-0.15, -0.1) is 0 Å². The number of benzene rings is 2. The van der Waals surface area contributed by atoms with Crippen LogP contribution in [-0.2, 0) is 16.6 Å². The Bertz CT molecular complexity index is 1120. The van der Waals surface area contributed by atoms with Crippen LogP contribution in [-0.4, -0.2) is 55.4 Å². The maximum absolute atomic E-state index is 13.3. The molecule has 0 atom stereocenters. The van der Waals surface area contributed by atoms with Gasteiger partial charge in [-0.25, -0.2) is 12.4 Å². The van der Waals surface area contributed by atoms with Gasteiger partial charge in [-0.1, -0.05) is 41.4 Å². The predicted octanol–water partition coefficient (Wildman–Crippen LogP) is 3.93. The molecule has 2 aromatic carbocycles. The molecule has 2 heterocycles. The lowest BCUT2D eigenvalue weighted by Crippen LogP contribution is -2.43. The fraction of sp³-hybridized carbons (Fsp3) is 0.300. The zero-order valence-electron chi connectivity index (χ0n) is 15.5. The van der Waals surface area contributed by atoms with Crippen molar-refractivity contribution in [3.63, 3.8) is 0 Å². The smallest absolute Gasteiger partial charge is 0.269 e. The highest BCUT2D eigenvalue weighted by Crippen LogP contribution is 2.31. The zero-order valence-corrected chi connectivity index (χ0v) is 17.8. The van der Waals surface area contributed by atoms with Crippen molar-refractivity contribution in [2.24, 2.45) is 0 Å². The summed E-state index contributed by atoms with van der Waals surface area (Å²) >= 11 is 12.1. The maximum atomic E-state index is 13.3. The van der Waals surface area contributed by atoms with Gasteiger partial charge >= 0.3 is 0 Å². The van der Waals surface area contributed by atoms with Crippen molar-refractivity contribution < 1.29 is 8.42 Å². The standard InChI is InChI=1S/C20H21Cl2N3O2S/c1-23-8-10-24(11-9-23)13-15-14-25(19-5-3-2-4-17(15)19)28(26,27)20-7-6-16(21)12-18(20)22/h2-7,12,14H,8-11,13H2,1H3. The van der Waals surface area contributed by atoms with E-state index < -0.39 is 10.0 Å². The number of halogens is 2. The Kier molecular flexibility index (Phi) is 5.42. The molecule has 8 heteroatoms. The molecular formula is C20H21Cl2N3O2S. The predicted molar refractivity (Wildman–Crippen MR) is 114 cm³/mol. The van der Waals surface area contributed by atoms with Gasteiger partial charge in [0.25, 0.3) is 10.0 Å². The normalized spacial score (nSPS) is 16.7. The molecule has 4 rings (SSSR count). The summed E-state index contributed by atoms with van der Waals surface area (Å²) in [6.07, 6.45) is 1.73. The molecule has 0 unspecified atom stereocenters. The van der Waals surface area contributed by atoms with Gasteiger partial charge in [-0.05, 0) is 36.9 Å². The van der Waals surface area contributed by atoms with Crippen LogP contribution in [0.25, 0.3) is 10.9 Å². The van der Waals surface area contributed by atoms with Crippen molar-refractivity contribution >= 4 is 44.1 Å². The van der Waals surface area contributed by atoms with Crippen LogP contribution in [0.3, 0.4) is 0 Å². The lowest BCUT2D eigenvalue weighted by atomic mass is 10.1. The van der Waals surface area contributed by atoms with E-state index in [1.54, 1.807) is 6.20 Å². The third kappa shape index (κ3) is 3.67. The quantitative estimate of drug-likeness (QED) is 0.619. The van der Waals surface area contributed by atoms with Crippen molar-refractivity contribution in [1.29, 1.82) is 0 Å². The molecule has 0 radical (unpaired) electrons. The molecule has 0 amide bonds. The number of fused-ring (bicyclic) bond motifs is 1. The van der Waals surface area contributed by atoms with Crippen LogP contribution in [0.1, 0.15) is 5.56 Å². The molecule has 3 aromatic rings. The number of hydrogen-bond donors (Lipinski definition) is 0. The number of para-hydroxylation sites is 1. The third-order valence-corrected chi connectivity index (χ3v) is 7.57. The second-order valence-corrected chi connectivity index (χ2v) is 9.75. The molecule has 148 valence electrons. The molecule has 0 aliphatic carbocycles. The lowest BCUT2D eigenvalue weighted by Gasteiger charge is -2.32. The average Bonchev–Trinajstić information content (AvgIpc) is 3.03. The first kappa shape index (κ1) is 19.7. The van der Waals surface area contributed by atoms with E-state index in [1.807, 2.05) is 24.3 Å². The van der Waals surface area contributed by atoms with E-state index >= 15 is 0 Å². The minimum atomic E-state index is -3.84. The molecule has 28 heavy (non-hydrogen) atoms. The van der Waals surface area contributed by atoms with Crippen LogP contribution in [0, 0.1) is 0 Å². The number of nitrogens with zero attached hydrogens (tertiary/aromatic N) is 3. The molecule has 1 aliphatic heterocycles. The van der Waals surface area contributed by atoms with Crippen molar-refractivity contribution in [3.8, 4) is 0 Å². The van der Waals surface area contributed by atoms with Crippen LogP contribution in [0.4, 0.5) is 0 Å². The van der Waals surface area contributed by atoms with Gasteiger partial charge in [-0.2, -0.15) is 0 Å². The average molecular weight is 438 g/mol. The highest BCUT2D eigenvalue weighted by atomic mass is 35.5. The minimum absolute atomic E-state index is 0.0467. The van der Waals surface area contributed by atoms with Crippen molar-refractivity contribution in [2.45, 2.75) is 11.4 Å². The first-order chi connectivity index (χ1) is 13.4. The van der Waals surface area contributed by atoms with E-state index in [1.165, 1.54) is 22.2 Å². The van der Waals surface area contributed by atoms with Gasteiger partial charge in [0.1, 0.15) is 4.90 Å². The van der Waals surface area contributed by atoms with Crippen LogP contribution in [0.2, 0.25) is 10.0 Å². The topological polar surface area (TPSA) is 45.5 Å². The Morgan fingerprint density at radius 3 is 2.43 bits per heavy atom. The fourth-order valence-corrected chi connectivity index (χ4v) is 5.72. The van der Waals surface area contributed by atoms with E-state index in [9.17, 15) is 8.42 Å². The summed E-state index contributed by atoms with van der Waals surface area (Å²) in [5, 5.41) is 1.46. The summed E-state index contributed by atoms with van der Waals surface area (Å²) < 4.78 is 28.0. The maximum Gasteiger partial charge on any atom is 0.269 e. The van der Waals surface area contributed by atoms with Gasteiger partial charge in [0.15, 0.2) is 0 Å².